The monoisotopic (exact) mass is 635 g/mol. The minimum absolute atomic E-state index is 0.0383. The van der Waals surface area contributed by atoms with Gasteiger partial charge in [-0.15, -0.1) is 11.8 Å². The van der Waals surface area contributed by atoms with Crippen molar-refractivity contribution >= 4 is 58.0 Å². The number of aryl methyl sites for hydroxylation is 3. The van der Waals surface area contributed by atoms with Crippen molar-refractivity contribution in [2.75, 3.05) is 4.90 Å². The minimum Gasteiger partial charge on any atom is -0.384 e. The van der Waals surface area contributed by atoms with Crippen LogP contribution in [-0.4, -0.2) is 5.78 Å². The molecular weight excluding hydrogens is 605 g/mol. The Morgan fingerprint density at radius 2 is 1.71 bits per heavy atom. The number of anilines is 1. The number of carbonyl (C=O) groups excluding carboxylic acids is 1. The molecule has 3 aromatic carbocycles. The molecule has 1 aliphatic carbocycles. The zero-order valence-corrected chi connectivity index (χ0v) is 27.3. The van der Waals surface area contributed by atoms with Crippen molar-refractivity contribution in [3.8, 4) is 6.07 Å². The van der Waals surface area contributed by atoms with Gasteiger partial charge in [-0.05, 0) is 90.8 Å². The third kappa shape index (κ3) is 5.71. The van der Waals surface area contributed by atoms with E-state index in [0.717, 1.165) is 44.1 Å². The summed E-state index contributed by atoms with van der Waals surface area (Å²) in [5.41, 5.74) is 14.2. The second kappa shape index (κ2) is 11.7. The number of benzene rings is 3. The van der Waals surface area contributed by atoms with E-state index in [1.165, 1.54) is 0 Å². The molecule has 0 saturated heterocycles. The quantitative estimate of drug-likeness (QED) is 0.282. The average Bonchev–Trinajstić information content (AvgIpc) is 2.90. The molecule has 0 amide bonds. The zero-order chi connectivity index (χ0) is 30.5. The average molecular weight is 637 g/mol. The van der Waals surface area contributed by atoms with Crippen LogP contribution in [0, 0.1) is 37.5 Å². The first-order valence-corrected chi connectivity index (χ1v) is 15.8. The van der Waals surface area contributed by atoms with Gasteiger partial charge in [-0.25, -0.2) is 0 Å². The topological polar surface area (TPSA) is 70.1 Å². The Labute approximate surface area is 267 Å². The fourth-order valence-corrected chi connectivity index (χ4v) is 7.69. The van der Waals surface area contributed by atoms with Crippen LogP contribution in [0.4, 0.5) is 5.69 Å². The molecule has 42 heavy (non-hydrogen) atoms. The van der Waals surface area contributed by atoms with Gasteiger partial charge >= 0.3 is 0 Å². The Kier molecular flexibility index (Phi) is 8.49. The van der Waals surface area contributed by atoms with Crippen molar-refractivity contribution in [1.29, 1.82) is 5.26 Å². The van der Waals surface area contributed by atoms with E-state index in [2.05, 4.69) is 39.0 Å². The molecule has 0 spiro atoms. The van der Waals surface area contributed by atoms with Crippen molar-refractivity contribution in [2.45, 2.75) is 64.0 Å². The summed E-state index contributed by atoms with van der Waals surface area (Å²) in [6.07, 6.45) is 1.03. The van der Waals surface area contributed by atoms with Gasteiger partial charge < -0.3 is 5.73 Å². The van der Waals surface area contributed by atoms with Crippen molar-refractivity contribution in [1.82, 2.24) is 0 Å². The number of rotatable bonds is 5. The van der Waals surface area contributed by atoms with Gasteiger partial charge in [-0.3, -0.25) is 9.69 Å². The van der Waals surface area contributed by atoms with E-state index < -0.39 is 5.92 Å². The van der Waals surface area contributed by atoms with Crippen LogP contribution in [0.1, 0.15) is 60.4 Å². The highest BCUT2D eigenvalue weighted by atomic mass is 35.5. The third-order valence-electron chi connectivity index (χ3n) is 8.11. The predicted octanol–water partition coefficient (Wildman–Crippen LogP) is 9.81. The molecule has 216 valence electrons. The van der Waals surface area contributed by atoms with E-state index in [9.17, 15) is 10.1 Å². The number of allylic oxidation sites excluding steroid dienone is 3. The first-order chi connectivity index (χ1) is 19.8. The van der Waals surface area contributed by atoms with E-state index in [-0.39, 0.29) is 11.2 Å². The zero-order valence-electron chi connectivity index (χ0n) is 24.2. The van der Waals surface area contributed by atoms with E-state index in [4.69, 9.17) is 40.5 Å². The van der Waals surface area contributed by atoms with Crippen LogP contribution in [0.2, 0.25) is 15.1 Å². The van der Waals surface area contributed by atoms with Gasteiger partial charge in [0, 0.05) is 44.1 Å². The lowest BCUT2D eigenvalue weighted by Gasteiger charge is -2.44. The molecule has 0 radical (unpaired) electrons. The summed E-state index contributed by atoms with van der Waals surface area (Å²) in [6, 6.07) is 17.8. The highest BCUT2D eigenvalue weighted by Crippen LogP contribution is 2.51. The molecule has 3 aromatic rings. The largest absolute Gasteiger partial charge is 0.384 e. The number of thioether (sulfide) groups is 1. The number of ketones is 1. The number of halogens is 3. The second-order valence-electron chi connectivity index (χ2n) is 11.9. The maximum Gasteiger partial charge on any atom is 0.162 e. The predicted molar refractivity (Wildman–Crippen MR) is 175 cm³/mol. The summed E-state index contributed by atoms with van der Waals surface area (Å²) in [7, 11) is 0. The summed E-state index contributed by atoms with van der Waals surface area (Å²) in [4.78, 5) is 16.8. The number of Topliss-reactive ketones (excluding diaryl/α,β-unsaturated/α-hetero) is 1. The van der Waals surface area contributed by atoms with Crippen LogP contribution >= 0.6 is 46.6 Å². The Morgan fingerprint density at radius 1 is 0.976 bits per heavy atom. The molecule has 1 atom stereocenters. The fraction of sp³-hybridized carbons (Fsp3) is 0.294. The number of nitrogens with two attached hydrogens (primary N) is 1. The minimum atomic E-state index is -0.565. The van der Waals surface area contributed by atoms with Gasteiger partial charge in [0.1, 0.15) is 5.82 Å². The molecule has 1 aliphatic heterocycles. The van der Waals surface area contributed by atoms with Gasteiger partial charge in [0.25, 0.3) is 0 Å². The van der Waals surface area contributed by atoms with E-state index >= 15 is 0 Å². The van der Waals surface area contributed by atoms with E-state index in [0.29, 0.717) is 50.6 Å². The van der Waals surface area contributed by atoms with Gasteiger partial charge in [-0.1, -0.05) is 66.8 Å². The standard InChI is InChI=1S/C34H32Cl3N3OS/c1-18-6-8-23(13-27(18)37)40-28-14-34(4,5)15-29(41)32(28)31(25(16-38)33(40)39)24-11-21(19(2)10-20(24)3)17-42-30-12-22(35)7-9-26(30)36/h6-13,31H,14-15,17,39H2,1-5H3. The summed E-state index contributed by atoms with van der Waals surface area (Å²) < 4.78 is 0. The maximum absolute atomic E-state index is 14.0. The van der Waals surface area contributed by atoms with Gasteiger partial charge in [0.15, 0.2) is 5.78 Å². The van der Waals surface area contributed by atoms with Gasteiger partial charge in [-0.2, -0.15) is 5.26 Å². The summed E-state index contributed by atoms with van der Waals surface area (Å²) in [5.74, 6) is 0.447. The molecular formula is C34H32Cl3N3OS. The lowest BCUT2D eigenvalue weighted by Crippen LogP contribution is -2.42. The summed E-state index contributed by atoms with van der Waals surface area (Å²) in [6.45, 7) is 10.2. The normalized spacial score (nSPS) is 18.3. The summed E-state index contributed by atoms with van der Waals surface area (Å²) in [5, 5.41) is 12.4. The van der Waals surface area contributed by atoms with E-state index in [1.807, 2.05) is 43.0 Å². The smallest absolute Gasteiger partial charge is 0.162 e. The lowest BCUT2D eigenvalue weighted by molar-refractivity contribution is -0.118. The SMILES string of the molecule is Cc1ccc(N2C(N)=C(C#N)C(c3cc(CSc4cc(Cl)ccc4Cl)c(C)cc3C)C3=C2CC(C)(C)CC3=O)cc1Cl. The number of nitriles is 1. The molecule has 4 nitrogen and oxygen atoms in total. The number of nitrogens with zero attached hydrogens (tertiary/aromatic N) is 2. The molecule has 1 heterocycles. The van der Waals surface area contributed by atoms with Crippen LogP contribution in [0.5, 0.6) is 0 Å². The highest BCUT2D eigenvalue weighted by molar-refractivity contribution is 7.98. The highest BCUT2D eigenvalue weighted by Gasteiger charge is 2.45. The maximum atomic E-state index is 14.0. The lowest BCUT2D eigenvalue weighted by atomic mass is 9.68. The molecule has 1 unspecified atom stereocenters. The number of hydrogen-bond acceptors (Lipinski definition) is 5. The van der Waals surface area contributed by atoms with E-state index in [1.54, 1.807) is 23.9 Å². The second-order valence-corrected chi connectivity index (χ2v) is 14.2. The Balaban J connectivity index is 1.67. The number of hydrogen-bond donors (Lipinski definition) is 1. The van der Waals surface area contributed by atoms with Crippen LogP contribution in [0.25, 0.3) is 0 Å². The molecule has 0 saturated carbocycles. The molecule has 8 heteroatoms. The molecule has 2 N–H and O–H groups in total. The molecule has 0 fully saturated rings. The van der Waals surface area contributed by atoms with Crippen molar-refractivity contribution in [3.63, 3.8) is 0 Å². The number of carbonyl (C=O) groups is 1. The summed E-state index contributed by atoms with van der Waals surface area (Å²) >= 11 is 20.8. The van der Waals surface area contributed by atoms with Crippen LogP contribution in [-0.2, 0) is 10.5 Å². The fourth-order valence-electron chi connectivity index (χ4n) is 5.96. The van der Waals surface area contributed by atoms with Gasteiger partial charge in [0.2, 0.25) is 0 Å². The van der Waals surface area contributed by atoms with Crippen LogP contribution in [0.15, 0.2) is 76.1 Å². The van der Waals surface area contributed by atoms with Crippen molar-refractivity contribution in [2.24, 2.45) is 11.1 Å². The first kappa shape index (κ1) is 30.6. The molecule has 5 rings (SSSR count). The molecule has 0 aromatic heterocycles. The molecule has 2 aliphatic rings. The Morgan fingerprint density at radius 3 is 2.40 bits per heavy atom. The molecule has 0 bridgehead atoms. The Bertz CT molecular complexity index is 1730. The van der Waals surface area contributed by atoms with Crippen LogP contribution < -0.4 is 10.6 Å². The first-order valence-electron chi connectivity index (χ1n) is 13.7. The van der Waals surface area contributed by atoms with Crippen LogP contribution in [0.3, 0.4) is 0 Å². The van der Waals surface area contributed by atoms with Crippen molar-refractivity contribution < 1.29 is 4.79 Å². The van der Waals surface area contributed by atoms with Gasteiger partial charge in [0.05, 0.1) is 22.6 Å². The Hall–Kier alpha value is -2.88. The van der Waals surface area contributed by atoms with Crippen molar-refractivity contribution in [3.05, 3.63) is 114 Å². The third-order valence-corrected chi connectivity index (χ3v) is 10.3.